The standard InChI is InChI=1S/C23H19Cl2N3S/c1-16-7-13-20(14-8-16)29-27-23(25)28-15-21(17-5-3-2-4-6-17)22(26-28)18-9-11-19(24)12-10-18/h2-14,21H,15H2,1H3/b27-23+. The van der Waals surface area contributed by atoms with Gasteiger partial charge in [0.05, 0.1) is 12.3 Å². The first-order valence-corrected chi connectivity index (χ1v) is 10.8. The van der Waals surface area contributed by atoms with Crippen molar-refractivity contribution < 1.29 is 0 Å². The van der Waals surface area contributed by atoms with Crippen molar-refractivity contribution in [2.24, 2.45) is 9.50 Å². The van der Waals surface area contributed by atoms with E-state index in [9.17, 15) is 0 Å². The lowest BCUT2D eigenvalue weighted by Gasteiger charge is -2.15. The lowest BCUT2D eigenvalue weighted by Crippen LogP contribution is -2.21. The molecule has 146 valence electrons. The van der Waals surface area contributed by atoms with Gasteiger partial charge in [0, 0.05) is 27.8 Å². The number of benzene rings is 3. The van der Waals surface area contributed by atoms with Crippen molar-refractivity contribution in [1.29, 1.82) is 0 Å². The predicted octanol–water partition coefficient (Wildman–Crippen LogP) is 6.75. The monoisotopic (exact) mass is 439 g/mol. The lowest BCUT2D eigenvalue weighted by atomic mass is 9.91. The number of aryl methyl sites for hydroxylation is 1. The molecule has 3 aromatic carbocycles. The summed E-state index contributed by atoms with van der Waals surface area (Å²) in [5.74, 6) is 0.103. The van der Waals surface area contributed by atoms with Gasteiger partial charge in [-0.1, -0.05) is 71.8 Å². The summed E-state index contributed by atoms with van der Waals surface area (Å²) in [4.78, 5) is 1.04. The van der Waals surface area contributed by atoms with E-state index in [1.54, 1.807) is 5.01 Å². The van der Waals surface area contributed by atoms with Crippen LogP contribution in [0.4, 0.5) is 0 Å². The zero-order chi connectivity index (χ0) is 20.2. The minimum absolute atomic E-state index is 0.103. The van der Waals surface area contributed by atoms with Crippen molar-refractivity contribution in [1.82, 2.24) is 5.01 Å². The molecule has 1 atom stereocenters. The number of hydrogen-bond donors (Lipinski definition) is 0. The summed E-state index contributed by atoms with van der Waals surface area (Å²) < 4.78 is 4.47. The van der Waals surface area contributed by atoms with E-state index < -0.39 is 0 Å². The zero-order valence-electron chi connectivity index (χ0n) is 15.8. The molecular formula is C23H19Cl2N3S. The fraction of sp³-hybridized carbons (Fsp3) is 0.130. The highest BCUT2D eigenvalue weighted by Gasteiger charge is 2.31. The molecule has 0 aromatic heterocycles. The van der Waals surface area contributed by atoms with Gasteiger partial charge in [-0.05, 0) is 53.9 Å². The minimum atomic E-state index is 0.103. The molecule has 0 bridgehead atoms. The van der Waals surface area contributed by atoms with Gasteiger partial charge in [0.2, 0.25) is 5.29 Å². The van der Waals surface area contributed by atoms with Gasteiger partial charge in [-0.2, -0.15) is 9.50 Å². The molecule has 0 N–H and O–H groups in total. The topological polar surface area (TPSA) is 28.0 Å². The molecule has 3 aromatic rings. The zero-order valence-corrected chi connectivity index (χ0v) is 18.1. The molecule has 0 spiro atoms. The van der Waals surface area contributed by atoms with Crippen molar-refractivity contribution in [3.8, 4) is 0 Å². The predicted molar refractivity (Wildman–Crippen MR) is 124 cm³/mol. The molecule has 29 heavy (non-hydrogen) atoms. The van der Waals surface area contributed by atoms with Crippen molar-refractivity contribution in [3.63, 3.8) is 0 Å². The fourth-order valence-corrected chi connectivity index (χ4v) is 4.05. The first kappa shape index (κ1) is 20.0. The van der Waals surface area contributed by atoms with Gasteiger partial charge in [-0.25, -0.2) is 5.01 Å². The maximum Gasteiger partial charge on any atom is 0.226 e. The van der Waals surface area contributed by atoms with Gasteiger partial charge >= 0.3 is 0 Å². The molecule has 0 fully saturated rings. The van der Waals surface area contributed by atoms with E-state index >= 15 is 0 Å². The molecule has 3 nitrogen and oxygen atoms in total. The minimum Gasteiger partial charge on any atom is -0.236 e. The number of amidine groups is 1. The average Bonchev–Trinajstić information content (AvgIpc) is 3.20. The van der Waals surface area contributed by atoms with Gasteiger partial charge in [-0.3, -0.25) is 0 Å². The Bertz CT molecular complexity index is 1030. The summed E-state index contributed by atoms with van der Waals surface area (Å²) in [6.45, 7) is 2.70. The van der Waals surface area contributed by atoms with Gasteiger partial charge in [-0.15, -0.1) is 0 Å². The molecule has 1 aliphatic heterocycles. The first-order chi connectivity index (χ1) is 14.1. The summed E-state index contributed by atoms with van der Waals surface area (Å²) in [5.41, 5.74) is 4.40. The highest BCUT2D eigenvalue weighted by Crippen LogP contribution is 2.31. The Morgan fingerprint density at radius 3 is 2.38 bits per heavy atom. The van der Waals surface area contributed by atoms with Crippen LogP contribution in [0.25, 0.3) is 0 Å². The Kier molecular flexibility index (Phi) is 6.24. The Morgan fingerprint density at radius 2 is 1.69 bits per heavy atom. The Balaban J connectivity index is 1.61. The van der Waals surface area contributed by atoms with Crippen LogP contribution in [0.15, 0.2) is 93.3 Å². The molecule has 4 rings (SSSR count). The van der Waals surface area contributed by atoms with E-state index in [0.29, 0.717) is 16.9 Å². The SMILES string of the molecule is Cc1ccc(S/N=C(\Cl)N2CC(c3ccccc3)C(c3ccc(Cl)cc3)=N2)cc1. The summed E-state index contributed by atoms with van der Waals surface area (Å²) in [5, 5.41) is 7.64. The van der Waals surface area contributed by atoms with E-state index in [4.69, 9.17) is 28.3 Å². The van der Waals surface area contributed by atoms with Crippen molar-refractivity contribution in [2.75, 3.05) is 6.54 Å². The third-order valence-corrected chi connectivity index (χ3v) is 6.10. The number of nitrogens with zero attached hydrogens (tertiary/aromatic N) is 3. The van der Waals surface area contributed by atoms with Crippen LogP contribution in [-0.4, -0.2) is 22.6 Å². The summed E-state index contributed by atoms with van der Waals surface area (Å²) in [7, 11) is 0. The molecule has 0 saturated heterocycles. The Labute approximate surface area is 185 Å². The van der Waals surface area contributed by atoms with Crippen LogP contribution in [0.3, 0.4) is 0 Å². The second-order valence-electron chi connectivity index (χ2n) is 6.80. The van der Waals surface area contributed by atoms with Crippen molar-refractivity contribution in [2.45, 2.75) is 17.7 Å². The average molecular weight is 440 g/mol. The Hall–Kier alpha value is -2.27. The van der Waals surface area contributed by atoms with E-state index in [-0.39, 0.29) is 5.92 Å². The Morgan fingerprint density at radius 1 is 1.00 bits per heavy atom. The maximum absolute atomic E-state index is 6.53. The second kappa shape index (κ2) is 9.04. The maximum atomic E-state index is 6.53. The molecule has 6 heteroatoms. The summed E-state index contributed by atoms with van der Waals surface area (Å²) in [6, 6.07) is 26.3. The van der Waals surface area contributed by atoms with Gasteiger partial charge < -0.3 is 0 Å². The van der Waals surface area contributed by atoms with E-state index in [2.05, 4.69) is 35.6 Å². The number of hydrogen-bond acceptors (Lipinski definition) is 3. The second-order valence-corrected chi connectivity index (χ2v) is 8.41. The molecule has 0 amide bonds. The number of rotatable bonds is 4. The quantitative estimate of drug-likeness (QED) is 0.194. The van der Waals surface area contributed by atoms with E-state index in [1.807, 2.05) is 54.6 Å². The highest BCUT2D eigenvalue weighted by molar-refractivity contribution is 7.98. The van der Waals surface area contributed by atoms with Crippen LogP contribution >= 0.6 is 35.1 Å². The van der Waals surface area contributed by atoms with Crippen LogP contribution in [0.2, 0.25) is 5.02 Å². The molecule has 0 saturated carbocycles. The molecular weight excluding hydrogens is 421 g/mol. The summed E-state index contributed by atoms with van der Waals surface area (Å²) in [6.07, 6.45) is 0. The third-order valence-electron chi connectivity index (χ3n) is 4.72. The van der Waals surface area contributed by atoms with Crippen molar-refractivity contribution in [3.05, 3.63) is 101 Å². The number of halogens is 2. The van der Waals surface area contributed by atoms with Crippen LogP contribution < -0.4 is 0 Å². The fourth-order valence-electron chi connectivity index (χ4n) is 3.18. The van der Waals surface area contributed by atoms with Crippen LogP contribution in [0.5, 0.6) is 0 Å². The van der Waals surface area contributed by atoms with Crippen LogP contribution in [0.1, 0.15) is 22.6 Å². The largest absolute Gasteiger partial charge is 0.236 e. The smallest absolute Gasteiger partial charge is 0.226 e. The third kappa shape index (κ3) is 4.84. The molecule has 1 aliphatic rings. The highest BCUT2D eigenvalue weighted by atomic mass is 35.5. The van der Waals surface area contributed by atoms with Gasteiger partial charge in [0.15, 0.2) is 0 Å². The molecule has 1 unspecified atom stereocenters. The number of hydrazone groups is 1. The molecule has 0 aliphatic carbocycles. The lowest BCUT2D eigenvalue weighted by molar-refractivity contribution is 0.484. The van der Waals surface area contributed by atoms with E-state index in [0.717, 1.165) is 16.2 Å². The van der Waals surface area contributed by atoms with Crippen molar-refractivity contribution >= 4 is 46.2 Å². The summed E-state index contributed by atoms with van der Waals surface area (Å²) >= 11 is 13.9. The van der Waals surface area contributed by atoms with E-state index in [1.165, 1.54) is 23.1 Å². The molecule has 1 heterocycles. The van der Waals surface area contributed by atoms with Crippen LogP contribution in [-0.2, 0) is 0 Å². The van der Waals surface area contributed by atoms with Gasteiger partial charge in [0.25, 0.3) is 0 Å². The normalized spacial score (nSPS) is 16.8. The first-order valence-electron chi connectivity index (χ1n) is 9.24. The molecule has 0 radical (unpaired) electrons. The van der Waals surface area contributed by atoms with Crippen LogP contribution in [0, 0.1) is 6.92 Å². The van der Waals surface area contributed by atoms with Gasteiger partial charge in [0.1, 0.15) is 0 Å².